The number of carbonyl (C=O) groups is 1. The first-order valence-electron chi connectivity index (χ1n) is 5.06. The Kier molecular flexibility index (Phi) is 3.52. The third-order valence-corrected chi connectivity index (χ3v) is 3.98. The van der Waals surface area contributed by atoms with E-state index >= 15 is 0 Å². The third-order valence-electron chi connectivity index (χ3n) is 2.05. The van der Waals surface area contributed by atoms with Crippen molar-refractivity contribution in [2.45, 2.75) is 31.3 Å². The lowest BCUT2D eigenvalue weighted by Crippen LogP contribution is -2.48. The van der Waals surface area contributed by atoms with Gasteiger partial charge in [-0.1, -0.05) is 0 Å². The molecule has 3 N–H and O–H groups in total. The molecule has 0 aliphatic heterocycles. The van der Waals surface area contributed by atoms with Gasteiger partial charge in [0.15, 0.2) is 5.03 Å². The molecule has 0 radical (unpaired) electrons. The van der Waals surface area contributed by atoms with Gasteiger partial charge in [-0.25, -0.2) is 9.78 Å². The van der Waals surface area contributed by atoms with Gasteiger partial charge in [-0.05, 0) is 26.8 Å². The van der Waals surface area contributed by atoms with Gasteiger partial charge in [-0.15, -0.1) is 0 Å². The van der Waals surface area contributed by atoms with E-state index in [0.717, 1.165) is 6.07 Å². The Labute approximate surface area is 105 Å². The van der Waals surface area contributed by atoms with Crippen molar-refractivity contribution in [3.05, 3.63) is 18.3 Å². The molecule has 1 aromatic heterocycles. The normalized spacial score (nSPS) is 12.2. The highest BCUT2D eigenvalue weighted by molar-refractivity contribution is 7.89. The fourth-order valence-electron chi connectivity index (χ4n) is 1.41. The lowest BCUT2D eigenvalue weighted by molar-refractivity contribution is 0.146. The fraction of sp³-hybridized carbons (Fsp3) is 0.400. The monoisotopic (exact) mass is 273 g/mol. The van der Waals surface area contributed by atoms with E-state index in [1.807, 2.05) is 0 Å². The predicted molar refractivity (Wildman–Crippen MR) is 65.5 cm³/mol. The largest absolute Gasteiger partial charge is 0.464 e. The maximum Gasteiger partial charge on any atom is 0.421 e. The molecule has 1 rings (SSSR count). The molecule has 0 aliphatic rings. The summed E-state index contributed by atoms with van der Waals surface area (Å²) in [6, 6.07) is 2.54. The minimum Gasteiger partial charge on any atom is -0.464 e. The van der Waals surface area contributed by atoms with Crippen molar-refractivity contribution < 1.29 is 18.3 Å². The molecular formula is C10H15N3O4S. The number of nitrogens with zero attached hydrogens (tertiary/aromatic N) is 2. The van der Waals surface area contributed by atoms with Crippen molar-refractivity contribution in [1.29, 1.82) is 0 Å². The molecule has 18 heavy (non-hydrogen) atoms. The van der Waals surface area contributed by atoms with E-state index < -0.39 is 21.7 Å². The van der Waals surface area contributed by atoms with Crippen LogP contribution in [0.2, 0.25) is 0 Å². The van der Waals surface area contributed by atoms with Crippen LogP contribution in [0.4, 0.5) is 10.5 Å². The van der Waals surface area contributed by atoms with E-state index in [1.54, 1.807) is 0 Å². The molecular weight excluding hydrogens is 258 g/mol. The topological polar surface area (TPSA) is 114 Å². The summed E-state index contributed by atoms with van der Waals surface area (Å²) in [7, 11) is -4.24. The number of hydrogen-bond acceptors (Lipinski definition) is 5. The van der Waals surface area contributed by atoms with E-state index in [2.05, 4.69) is 4.98 Å². The smallest absolute Gasteiger partial charge is 0.421 e. The molecule has 1 amide bonds. The summed E-state index contributed by atoms with van der Waals surface area (Å²) in [5, 5.41) is 8.67. The molecule has 0 saturated carbocycles. The van der Waals surface area contributed by atoms with Crippen LogP contribution in [-0.2, 0) is 10.0 Å². The number of carboxylic acid groups (broad SMARTS) is 1. The van der Waals surface area contributed by atoms with Gasteiger partial charge < -0.3 is 10.8 Å². The number of rotatable bonds is 2. The second-order valence-corrected chi connectivity index (χ2v) is 6.38. The van der Waals surface area contributed by atoms with Crippen molar-refractivity contribution in [2.75, 3.05) is 5.73 Å². The van der Waals surface area contributed by atoms with Crippen LogP contribution in [0.25, 0.3) is 0 Å². The fourth-order valence-corrected chi connectivity index (χ4v) is 3.00. The number of nitrogen functional groups attached to an aromatic ring is 1. The number of aromatic nitrogens is 1. The molecule has 8 heteroatoms. The third kappa shape index (κ3) is 2.70. The molecule has 0 spiro atoms. The second-order valence-electron chi connectivity index (χ2n) is 4.65. The highest BCUT2D eigenvalue weighted by atomic mass is 32.2. The van der Waals surface area contributed by atoms with Crippen molar-refractivity contribution >= 4 is 21.8 Å². The molecule has 0 aliphatic carbocycles. The average Bonchev–Trinajstić information content (AvgIpc) is 2.13. The molecule has 0 fully saturated rings. The summed E-state index contributed by atoms with van der Waals surface area (Å²) in [6.07, 6.45) is -0.350. The van der Waals surface area contributed by atoms with E-state index in [0.29, 0.717) is 4.31 Å². The number of pyridine rings is 1. The van der Waals surface area contributed by atoms with Crippen LogP contribution in [0.1, 0.15) is 20.8 Å². The summed E-state index contributed by atoms with van der Waals surface area (Å²) in [4.78, 5) is 14.8. The van der Waals surface area contributed by atoms with Gasteiger partial charge in [0.05, 0.1) is 5.54 Å². The van der Waals surface area contributed by atoms with Gasteiger partial charge in [-0.3, -0.25) is 0 Å². The van der Waals surface area contributed by atoms with Crippen molar-refractivity contribution in [3.8, 4) is 0 Å². The Balaban J connectivity index is 3.40. The molecule has 0 atom stereocenters. The van der Waals surface area contributed by atoms with Crippen LogP contribution in [0.5, 0.6) is 0 Å². The van der Waals surface area contributed by atoms with Crippen molar-refractivity contribution in [1.82, 2.24) is 9.29 Å². The van der Waals surface area contributed by atoms with Crippen LogP contribution in [0, 0.1) is 0 Å². The zero-order valence-corrected chi connectivity index (χ0v) is 11.1. The predicted octanol–water partition coefficient (Wildman–Crippen LogP) is 1.13. The van der Waals surface area contributed by atoms with E-state index in [-0.39, 0.29) is 10.7 Å². The number of nitrogens with two attached hydrogens (primary N) is 1. The zero-order valence-electron chi connectivity index (χ0n) is 10.3. The van der Waals surface area contributed by atoms with Gasteiger partial charge in [-0.2, -0.15) is 12.7 Å². The van der Waals surface area contributed by atoms with Crippen LogP contribution in [0.15, 0.2) is 23.4 Å². The quantitative estimate of drug-likeness (QED) is 0.835. The zero-order chi connectivity index (χ0) is 14.1. The molecule has 100 valence electrons. The van der Waals surface area contributed by atoms with Gasteiger partial charge in [0.25, 0.3) is 10.0 Å². The summed E-state index contributed by atoms with van der Waals surface area (Å²) in [5.74, 6) is 0. The van der Waals surface area contributed by atoms with Gasteiger partial charge in [0, 0.05) is 18.0 Å². The Bertz CT molecular complexity index is 563. The first-order valence-corrected chi connectivity index (χ1v) is 6.50. The van der Waals surface area contributed by atoms with Crippen LogP contribution >= 0.6 is 0 Å². The van der Waals surface area contributed by atoms with Crippen LogP contribution in [0.3, 0.4) is 0 Å². The molecule has 0 aromatic carbocycles. The molecule has 0 bridgehead atoms. The van der Waals surface area contributed by atoms with E-state index in [1.165, 1.54) is 33.0 Å². The Morgan fingerprint density at radius 3 is 2.39 bits per heavy atom. The minimum absolute atomic E-state index is 0.197. The maximum absolute atomic E-state index is 12.2. The van der Waals surface area contributed by atoms with E-state index in [4.69, 9.17) is 10.8 Å². The first kappa shape index (κ1) is 14.2. The molecule has 1 aromatic rings. The number of hydrogen-bond donors (Lipinski definition) is 2. The number of amides is 1. The summed E-state index contributed by atoms with van der Waals surface area (Å²) in [6.45, 7) is 4.43. The van der Waals surface area contributed by atoms with Gasteiger partial charge in [0.2, 0.25) is 0 Å². The molecule has 0 unspecified atom stereocenters. The molecule has 0 saturated heterocycles. The summed E-state index contributed by atoms with van der Waals surface area (Å²) < 4.78 is 24.8. The lowest BCUT2D eigenvalue weighted by Gasteiger charge is -2.31. The Morgan fingerprint density at radius 2 is 2.00 bits per heavy atom. The molecule has 7 nitrogen and oxygen atoms in total. The SMILES string of the molecule is CC(C)(C)N(C(=O)O)S(=O)(=O)c1cc(N)ccn1. The molecule has 1 heterocycles. The summed E-state index contributed by atoms with van der Waals surface area (Å²) in [5.41, 5.74) is 4.55. The first-order chi connectivity index (χ1) is 8.06. The average molecular weight is 273 g/mol. The van der Waals surface area contributed by atoms with Gasteiger partial charge >= 0.3 is 6.09 Å². The van der Waals surface area contributed by atoms with Crippen molar-refractivity contribution in [3.63, 3.8) is 0 Å². The van der Waals surface area contributed by atoms with Crippen LogP contribution in [-0.4, -0.2) is 34.4 Å². The van der Waals surface area contributed by atoms with Gasteiger partial charge in [0.1, 0.15) is 0 Å². The number of anilines is 1. The Hall–Kier alpha value is -1.83. The minimum atomic E-state index is -4.24. The highest BCUT2D eigenvalue weighted by Crippen LogP contribution is 2.24. The Morgan fingerprint density at radius 1 is 1.44 bits per heavy atom. The lowest BCUT2D eigenvalue weighted by atomic mass is 10.1. The standard InChI is InChI=1S/C10H15N3O4S/c1-10(2,3)13(9(14)15)18(16,17)8-6-7(11)4-5-12-8/h4-6H,1-3H3,(H2,11,12)(H,14,15). The van der Waals surface area contributed by atoms with Crippen LogP contribution < -0.4 is 5.73 Å². The highest BCUT2D eigenvalue weighted by Gasteiger charge is 2.39. The second kappa shape index (κ2) is 4.45. The maximum atomic E-state index is 12.2. The van der Waals surface area contributed by atoms with E-state index in [9.17, 15) is 13.2 Å². The summed E-state index contributed by atoms with van der Waals surface area (Å²) >= 11 is 0. The van der Waals surface area contributed by atoms with Crippen molar-refractivity contribution in [2.24, 2.45) is 0 Å². The number of sulfonamides is 1.